The van der Waals surface area contributed by atoms with Crippen LogP contribution in [0.2, 0.25) is 0 Å². The summed E-state index contributed by atoms with van der Waals surface area (Å²) >= 11 is 4.38. The molecule has 5 aliphatic rings. The van der Waals surface area contributed by atoms with Gasteiger partial charge in [0.1, 0.15) is 25.1 Å². The van der Waals surface area contributed by atoms with E-state index in [1.54, 1.807) is 0 Å². The summed E-state index contributed by atoms with van der Waals surface area (Å²) in [6.07, 6.45) is 8.96. The van der Waals surface area contributed by atoms with Crippen LogP contribution in [0.1, 0.15) is 124 Å². The summed E-state index contributed by atoms with van der Waals surface area (Å²) in [7, 11) is 2.22. The molecule has 0 radical (unpaired) electrons. The van der Waals surface area contributed by atoms with Crippen molar-refractivity contribution in [1.82, 2.24) is 0 Å². The lowest BCUT2D eigenvalue weighted by Gasteiger charge is -2.46. The number of rotatable bonds is 3. The van der Waals surface area contributed by atoms with Crippen LogP contribution >= 0.6 is 33.9 Å². The zero-order valence-electron chi connectivity index (χ0n) is 49.3. The molecule has 1 unspecified atom stereocenters. The molecule has 81 heavy (non-hydrogen) atoms. The first-order valence-corrected chi connectivity index (χ1v) is 30.5. The lowest BCUT2D eigenvalue weighted by atomic mass is 9.36. The maximum absolute atomic E-state index is 13.3. The van der Waals surface area contributed by atoms with E-state index in [0.29, 0.717) is 34.4 Å². The molecule has 0 amide bonds. The summed E-state index contributed by atoms with van der Waals surface area (Å²) in [5, 5.41) is 63.2. The van der Waals surface area contributed by atoms with E-state index in [-0.39, 0.29) is 33.1 Å². The second kappa shape index (κ2) is 18.1. The average molecular weight is 1200 g/mol. The van der Waals surface area contributed by atoms with Crippen LogP contribution in [0.5, 0.6) is 28.7 Å². The molecule has 2 bridgehead atoms. The number of allylic oxidation sites excluding steroid dienone is 3. The quantitative estimate of drug-likeness (QED) is 0.0515. The van der Waals surface area contributed by atoms with Crippen molar-refractivity contribution in [2.24, 2.45) is 0 Å². The molecule has 410 valence electrons. The van der Waals surface area contributed by atoms with Gasteiger partial charge in [0.05, 0.1) is 22.6 Å². The van der Waals surface area contributed by atoms with Gasteiger partial charge in [0.15, 0.2) is 11.5 Å². The zero-order valence-corrected chi connectivity index (χ0v) is 52.3. The summed E-state index contributed by atoms with van der Waals surface area (Å²) in [5.74, 6) is 0.178. The number of hydrogen-bond acceptors (Lipinski definition) is 9. The predicted octanol–water partition coefficient (Wildman–Crippen LogP) is 14.8. The number of phenols is 5. The number of aromatic hydroxyl groups is 5. The third kappa shape index (κ3) is 7.20. The molecule has 7 aromatic carbocycles. The molecule has 0 saturated heterocycles. The molecule has 0 saturated carbocycles. The van der Waals surface area contributed by atoms with Gasteiger partial charge in [-0.1, -0.05) is 83.9 Å². The lowest BCUT2D eigenvalue weighted by Crippen LogP contribution is -2.61. The third-order valence-corrected chi connectivity index (χ3v) is 22.6. The predicted molar refractivity (Wildman–Crippen MR) is 351 cm³/mol. The number of benzene rings is 7. The van der Waals surface area contributed by atoms with Gasteiger partial charge in [-0.25, -0.2) is 0 Å². The van der Waals surface area contributed by atoms with E-state index in [2.05, 4.69) is 167 Å². The van der Waals surface area contributed by atoms with Crippen LogP contribution in [0.3, 0.4) is 0 Å². The Kier molecular flexibility index (Phi) is 12.0. The van der Waals surface area contributed by atoms with Crippen molar-refractivity contribution in [3.63, 3.8) is 0 Å². The fraction of sp³-hybridized carbons (Fsp3) is 0.304. The fourth-order valence-corrected chi connectivity index (χ4v) is 17.5. The number of halogens is 1. The minimum atomic E-state index is -0.393. The number of para-hydroxylation sites is 1. The molecule has 2 aliphatic carbocycles. The van der Waals surface area contributed by atoms with Gasteiger partial charge in [0.25, 0.3) is 6.71 Å². The highest BCUT2D eigenvalue weighted by atomic mass is 127. The number of phenolic OH excluding ortho intramolecular Hbond substituents is 5. The van der Waals surface area contributed by atoms with Crippen molar-refractivity contribution in [2.45, 2.75) is 138 Å². The Bertz CT molecular complexity index is 4220. The Morgan fingerprint density at radius 2 is 1.19 bits per heavy atom. The molecule has 5 N–H and O–H groups in total. The fourth-order valence-electron chi connectivity index (χ4n) is 15.0. The van der Waals surface area contributed by atoms with E-state index in [1.807, 2.05) is 52.9 Å². The first-order chi connectivity index (χ1) is 38.3. The van der Waals surface area contributed by atoms with E-state index >= 15 is 0 Å². The van der Waals surface area contributed by atoms with Crippen molar-refractivity contribution in [2.75, 3.05) is 14.7 Å². The second-order valence-corrected chi connectivity index (χ2v) is 28.4. The van der Waals surface area contributed by atoms with Crippen molar-refractivity contribution in [3.8, 4) is 39.9 Å². The highest BCUT2D eigenvalue weighted by Crippen LogP contribution is 2.61. The van der Waals surface area contributed by atoms with Gasteiger partial charge in [0.2, 0.25) is 0 Å². The number of alkyl halides is 1. The normalized spacial score (nSPS) is 17.6. The van der Waals surface area contributed by atoms with Crippen LogP contribution in [0.25, 0.3) is 21.2 Å². The zero-order chi connectivity index (χ0) is 57.7. The van der Waals surface area contributed by atoms with Gasteiger partial charge < -0.3 is 40.2 Å². The smallest absolute Gasteiger partial charge is 0.264 e. The molecule has 0 fully saturated rings. The van der Waals surface area contributed by atoms with Gasteiger partial charge in [-0.05, 0) is 222 Å². The maximum Gasteiger partial charge on any atom is 0.264 e. The van der Waals surface area contributed by atoms with Crippen LogP contribution in [0.15, 0.2) is 78.0 Å². The number of hydrogen-bond donors (Lipinski definition) is 5. The highest BCUT2D eigenvalue weighted by molar-refractivity contribution is 14.1. The van der Waals surface area contributed by atoms with E-state index in [4.69, 9.17) is 0 Å². The van der Waals surface area contributed by atoms with E-state index in [0.717, 1.165) is 143 Å². The van der Waals surface area contributed by atoms with E-state index in [1.165, 1.54) is 37.2 Å². The number of aryl methyl sites for hydroxylation is 2. The van der Waals surface area contributed by atoms with Crippen LogP contribution in [-0.2, 0) is 15.3 Å². The molecule has 13 rings (SSSR count). The molecule has 1 aromatic heterocycles. The SMILES string of the molecule is Bc1c(C)c(C)c2sc3c(c2c1C)N(c1c(C)c(C)c(O)c(O)c1C)c1cc(-c2c(O)c(C)c4c(c2O)C(C)(C)CCC4(C)I)cc2c1B3c1ccc3cc1N2C1=CCCC=C1Cc1ccccc1N3c1c(C)c(C)c(C)c(O)c1C. The summed E-state index contributed by atoms with van der Waals surface area (Å²) in [6.45, 7) is 29.3. The van der Waals surface area contributed by atoms with Gasteiger partial charge in [-0.15, -0.1) is 11.3 Å². The number of anilines is 8. The summed E-state index contributed by atoms with van der Waals surface area (Å²) in [5.41, 5.74) is 27.3. The van der Waals surface area contributed by atoms with E-state index < -0.39 is 5.41 Å². The largest absolute Gasteiger partial charge is 0.507 e. The molecule has 8 nitrogen and oxygen atoms in total. The monoisotopic (exact) mass is 1200 g/mol. The molecule has 0 spiro atoms. The molecular weight excluding hydrogens is 1130 g/mol. The summed E-state index contributed by atoms with van der Waals surface area (Å²) in [6, 6.07) is 20.1. The standard InChI is InChI=1S/C69H70B2IN3O5S/c1-31-33(3)58(40(10)61(76)35(31)5)73-45-23-24-46-49(30-45)74(48-22-18-16-20-43(48)27-42-19-15-17-21-47(42)73)50-28-44(53-62(77)39(9)54-55(65(53)80)68(12,13)25-26-69(54,14)72)29-51-57(50)71(46)67-60(52-38(8)56(70)32(2)37(7)66(52)81-67)75(51)59-34(4)36(6)63(78)64(79)41(59)11/h15,17,19-24,28-30,76-80H,16,18,25-27,70H2,1-14H3. The van der Waals surface area contributed by atoms with Crippen molar-refractivity contribution < 1.29 is 25.5 Å². The number of fused-ring (bicyclic) bond motifs is 11. The minimum absolute atomic E-state index is 0.0641. The van der Waals surface area contributed by atoms with Crippen LogP contribution in [0.4, 0.5) is 45.5 Å². The highest BCUT2D eigenvalue weighted by Gasteiger charge is 2.49. The number of nitrogens with zero attached hydrogens (tertiary/aromatic N) is 3. The Labute approximate surface area is 495 Å². The van der Waals surface area contributed by atoms with Crippen LogP contribution < -0.4 is 35.9 Å². The average Bonchev–Trinajstić information content (AvgIpc) is 2.02. The summed E-state index contributed by atoms with van der Waals surface area (Å²) in [4.78, 5) is 7.24. The Morgan fingerprint density at radius 1 is 0.556 bits per heavy atom. The summed E-state index contributed by atoms with van der Waals surface area (Å²) < 4.78 is 2.06. The van der Waals surface area contributed by atoms with Gasteiger partial charge >= 0.3 is 0 Å². The Morgan fingerprint density at radius 3 is 1.91 bits per heavy atom. The molecule has 1 atom stereocenters. The minimum Gasteiger partial charge on any atom is -0.507 e. The van der Waals surface area contributed by atoms with E-state index in [9.17, 15) is 25.5 Å². The van der Waals surface area contributed by atoms with Gasteiger partial charge in [0, 0.05) is 75.5 Å². The van der Waals surface area contributed by atoms with Crippen molar-refractivity contribution in [1.29, 1.82) is 0 Å². The molecule has 3 aliphatic heterocycles. The topological polar surface area (TPSA) is 111 Å². The van der Waals surface area contributed by atoms with Crippen molar-refractivity contribution in [3.05, 3.63) is 156 Å². The molecule has 4 heterocycles. The molecular formula is C69H70B2IN3O5S. The maximum atomic E-state index is 13.3. The number of thiophene rings is 1. The van der Waals surface area contributed by atoms with Gasteiger partial charge in [-0.3, -0.25) is 0 Å². The molecule has 12 heteroatoms. The second-order valence-electron chi connectivity index (χ2n) is 25.0. The lowest BCUT2D eigenvalue weighted by molar-refractivity contribution is 0.361. The first kappa shape index (κ1) is 53.5. The van der Waals surface area contributed by atoms with Crippen LogP contribution in [-0.4, -0.2) is 40.1 Å². The van der Waals surface area contributed by atoms with Gasteiger partial charge in [-0.2, -0.15) is 0 Å². The van der Waals surface area contributed by atoms with Crippen LogP contribution in [0, 0.1) is 76.2 Å². The Hall–Kier alpha value is -6.76. The molecule has 8 aromatic rings. The van der Waals surface area contributed by atoms with Crippen molar-refractivity contribution >= 4 is 125 Å². The first-order valence-electron chi connectivity index (χ1n) is 28.6. The Balaban J connectivity index is 1.24. The third-order valence-electron chi connectivity index (χ3n) is 20.2.